The van der Waals surface area contributed by atoms with Gasteiger partial charge >= 0.3 is 5.97 Å². The first-order valence-electron chi connectivity index (χ1n) is 10.1. The van der Waals surface area contributed by atoms with Gasteiger partial charge in [0, 0.05) is 10.9 Å². The van der Waals surface area contributed by atoms with Crippen LogP contribution < -0.4 is 14.9 Å². The van der Waals surface area contributed by atoms with Gasteiger partial charge in [0.05, 0.1) is 24.1 Å². The Balaban J connectivity index is 1.44. The summed E-state index contributed by atoms with van der Waals surface area (Å²) in [7, 11) is 0. The Hall–Kier alpha value is -3.97. The molecule has 1 N–H and O–H groups in total. The zero-order valence-corrected chi connectivity index (χ0v) is 18.2. The van der Waals surface area contributed by atoms with E-state index in [1.54, 1.807) is 48.7 Å². The van der Waals surface area contributed by atoms with E-state index in [9.17, 15) is 4.79 Å². The molecule has 3 aromatic carbocycles. The van der Waals surface area contributed by atoms with Crippen molar-refractivity contribution in [3.63, 3.8) is 0 Å². The number of hydrogen-bond donors (Lipinski definition) is 1. The minimum atomic E-state index is -0.437. The number of ether oxygens (including phenoxy) is 2. The highest BCUT2D eigenvalue weighted by Crippen LogP contribution is 2.29. The molecule has 7 heteroatoms. The molecule has 4 aromatic rings. The third kappa shape index (κ3) is 5.39. The molecule has 0 amide bonds. The first-order valence-corrected chi connectivity index (χ1v) is 10.9. The highest BCUT2D eigenvalue weighted by molar-refractivity contribution is 7.14. The van der Waals surface area contributed by atoms with Crippen molar-refractivity contribution in [2.75, 3.05) is 12.0 Å². The molecule has 1 aromatic heterocycles. The number of hydrazone groups is 1. The third-order valence-electron chi connectivity index (χ3n) is 4.43. The van der Waals surface area contributed by atoms with Gasteiger partial charge in [0.15, 0.2) is 11.5 Å². The van der Waals surface area contributed by atoms with Gasteiger partial charge < -0.3 is 9.47 Å². The fourth-order valence-electron chi connectivity index (χ4n) is 2.92. The van der Waals surface area contributed by atoms with Gasteiger partial charge in [0.1, 0.15) is 0 Å². The number of thiazole rings is 1. The summed E-state index contributed by atoms with van der Waals surface area (Å²) in [5.74, 6) is 0.396. The van der Waals surface area contributed by atoms with E-state index in [0.717, 1.165) is 16.8 Å². The van der Waals surface area contributed by atoms with Gasteiger partial charge in [-0.15, -0.1) is 11.3 Å². The van der Waals surface area contributed by atoms with Crippen molar-refractivity contribution >= 4 is 28.7 Å². The summed E-state index contributed by atoms with van der Waals surface area (Å²) in [6, 6.07) is 24.1. The molecule has 0 saturated heterocycles. The molecule has 0 fully saturated rings. The number of anilines is 1. The molecule has 0 saturated carbocycles. The Morgan fingerprint density at radius 1 is 1.03 bits per heavy atom. The van der Waals surface area contributed by atoms with E-state index in [1.165, 1.54) is 11.3 Å². The average molecular weight is 444 g/mol. The van der Waals surface area contributed by atoms with Crippen molar-refractivity contribution in [2.24, 2.45) is 5.10 Å². The van der Waals surface area contributed by atoms with E-state index in [0.29, 0.717) is 28.8 Å². The SMILES string of the molecule is CCOc1cc(C=NNc2nc(-c3ccccc3)cs2)ccc1OC(=O)c1ccccc1. The molecule has 0 aliphatic heterocycles. The van der Waals surface area contributed by atoms with Crippen LogP contribution in [-0.4, -0.2) is 23.8 Å². The number of nitrogens with zero attached hydrogens (tertiary/aromatic N) is 2. The number of aromatic nitrogens is 1. The Morgan fingerprint density at radius 3 is 2.53 bits per heavy atom. The van der Waals surface area contributed by atoms with Crippen molar-refractivity contribution < 1.29 is 14.3 Å². The first kappa shape index (κ1) is 21.3. The Bertz CT molecular complexity index is 1210. The summed E-state index contributed by atoms with van der Waals surface area (Å²) in [5.41, 5.74) is 6.18. The van der Waals surface area contributed by atoms with Gasteiger partial charge in [0.25, 0.3) is 0 Å². The molecule has 6 nitrogen and oxygen atoms in total. The minimum absolute atomic E-state index is 0.359. The summed E-state index contributed by atoms with van der Waals surface area (Å²) < 4.78 is 11.2. The fourth-order valence-corrected chi connectivity index (χ4v) is 3.59. The molecule has 0 aliphatic carbocycles. The second-order valence-corrected chi connectivity index (χ2v) is 7.53. The molecule has 0 aliphatic rings. The Morgan fingerprint density at radius 2 is 1.78 bits per heavy atom. The molecule has 0 bridgehead atoms. The normalized spacial score (nSPS) is 10.8. The van der Waals surface area contributed by atoms with E-state index in [1.807, 2.05) is 48.7 Å². The highest BCUT2D eigenvalue weighted by Gasteiger charge is 2.13. The van der Waals surface area contributed by atoms with Crippen LogP contribution in [0.3, 0.4) is 0 Å². The number of esters is 1. The summed E-state index contributed by atoms with van der Waals surface area (Å²) in [5, 5.41) is 6.94. The van der Waals surface area contributed by atoms with E-state index in [4.69, 9.17) is 9.47 Å². The first-order chi connectivity index (χ1) is 15.7. The van der Waals surface area contributed by atoms with Crippen LogP contribution in [0.1, 0.15) is 22.8 Å². The highest BCUT2D eigenvalue weighted by atomic mass is 32.1. The van der Waals surface area contributed by atoms with Crippen LogP contribution in [0.2, 0.25) is 0 Å². The molecule has 0 unspecified atom stereocenters. The smallest absolute Gasteiger partial charge is 0.343 e. The maximum Gasteiger partial charge on any atom is 0.343 e. The van der Waals surface area contributed by atoms with Crippen molar-refractivity contribution in [1.29, 1.82) is 0 Å². The number of rotatable bonds is 8. The molecular weight excluding hydrogens is 422 g/mol. The van der Waals surface area contributed by atoms with E-state index >= 15 is 0 Å². The van der Waals surface area contributed by atoms with Crippen LogP contribution in [0.4, 0.5) is 5.13 Å². The van der Waals surface area contributed by atoms with Gasteiger partial charge in [-0.2, -0.15) is 5.10 Å². The van der Waals surface area contributed by atoms with Crippen LogP contribution in [0, 0.1) is 0 Å². The zero-order valence-electron chi connectivity index (χ0n) is 17.4. The van der Waals surface area contributed by atoms with Crippen LogP contribution in [0.25, 0.3) is 11.3 Å². The van der Waals surface area contributed by atoms with Crippen molar-refractivity contribution in [1.82, 2.24) is 4.98 Å². The maximum atomic E-state index is 12.4. The van der Waals surface area contributed by atoms with Crippen molar-refractivity contribution in [3.8, 4) is 22.8 Å². The largest absolute Gasteiger partial charge is 0.490 e. The molecule has 0 radical (unpaired) electrons. The van der Waals surface area contributed by atoms with E-state index in [2.05, 4.69) is 15.5 Å². The molecule has 4 rings (SSSR count). The van der Waals surface area contributed by atoms with E-state index < -0.39 is 5.97 Å². The van der Waals surface area contributed by atoms with Gasteiger partial charge in [-0.25, -0.2) is 9.78 Å². The molecule has 1 heterocycles. The number of carbonyl (C=O) groups excluding carboxylic acids is 1. The van der Waals surface area contributed by atoms with Crippen LogP contribution >= 0.6 is 11.3 Å². The summed E-state index contributed by atoms with van der Waals surface area (Å²) in [6.07, 6.45) is 1.66. The van der Waals surface area contributed by atoms with Crippen LogP contribution in [0.5, 0.6) is 11.5 Å². The lowest BCUT2D eigenvalue weighted by molar-refractivity contribution is 0.0728. The molecule has 160 valence electrons. The lowest BCUT2D eigenvalue weighted by Gasteiger charge is -2.11. The predicted molar refractivity (Wildman–Crippen MR) is 128 cm³/mol. The minimum Gasteiger partial charge on any atom is -0.490 e. The summed E-state index contributed by atoms with van der Waals surface area (Å²) in [4.78, 5) is 16.9. The van der Waals surface area contributed by atoms with Gasteiger partial charge in [-0.05, 0) is 42.8 Å². The molecular formula is C25H21N3O3S. The predicted octanol–water partition coefficient (Wildman–Crippen LogP) is 5.87. The van der Waals surface area contributed by atoms with Crippen LogP contribution in [-0.2, 0) is 0 Å². The lowest BCUT2D eigenvalue weighted by Crippen LogP contribution is -2.09. The molecule has 0 atom stereocenters. The number of benzene rings is 3. The van der Waals surface area contributed by atoms with Crippen molar-refractivity contribution in [3.05, 3.63) is 95.4 Å². The fraction of sp³-hybridized carbons (Fsp3) is 0.0800. The summed E-state index contributed by atoms with van der Waals surface area (Å²) in [6.45, 7) is 2.31. The van der Waals surface area contributed by atoms with Crippen LogP contribution in [0.15, 0.2) is 89.3 Å². The molecule has 32 heavy (non-hydrogen) atoms. The quantitative estimate of drug-likeness (QED) is 0.159. The second-order valence-electron chi connectivity index (χ2n) is 6.67. The zero-order chi connectivity index (χ0) is 22.2. The van der Waals surface area contributed by atoms with Crippen molar-refractivity contribution in [2.45, 2.75) is 6.92 Å². The third-order valence-corrected chi connectivity index (χ3v) is 5.17. The average Bonchev–Trinajstić information content (AvgIpc) is 3.31. The molecule has 0 spiro atoms. The Kier molecular flexibility index (Phi) is 6.89. The Labute approximate surface area is 190 Å². The second kappa shape index (κ2) is 10.4. The number of nitrogens with one attached hydrogen (secondary N) is 1. The van der Waals surface area contributed by atoms with E-state index in [-0.39, 0.29) is 0 Å². The number of hydrogen-bond acceptors (Lipinski definition) is 7. The van der Waals surface area contributed by atoms with Gasteiger partial charge in [-0.1, -0.05) is 48.5 Å². The van der Waals surface area contributed by atoms with Gasteiger partial charge in [0.2, 0.25) is 5.13 Å². The maximum absolute atomic E-state index is 12.4. The standard InChI is InChI=1S/C25H21N3O3S/c1-2-30-23-15-18(13-14-22(23)31-24(29)20-11-7-4-8-12-20)16-26-28-25-27-21(17-32-25)19-9-5-3-6-10-19/h3-17H,2H2,1H3,(H,27,28). The summed E-state index contributed by atoms with van der Waals surface area (Å²) >= 11 is 1.48. The monoisotopic (exact) mass is 443 g/mol. The number of carbonyl (C=O) groups is 1. The lowest BCUT2D eigenvalue weighted by atomic mass is 10.2. The van der Waals surface area contributed by atoms with Gasteiger partial charge in [-0.3, -0.25) is 5.43 Å². The topological polar surface area (TPSA) is 72.8 Å².